The van der Waals surface area contributed by atoms with E-state index in [0.29, 0.717) is 16.6 Å². The molecule has 0 radical (unpaired) electrons. The molecule has 6 nitrogen and oxygen atoms in total. The maximum absolute atomic E-state index is 13.2. The van der Waals surface area contributed by atoms with Crippen molar-refractivity contribution in [2.75, 3.05) is 11.1 Å². The third-order valence-electron chi connectivity index (χ3n) is 3.02. The molecule has 0 spiro atoms. The van der Waals surface area contributed by atoms with Crippen LogP contribution in [0.5, 0.6) is 0 Å². The molecule has 112 valence electrons. The molecule has 0 unspecified atom stereocenters. The molecule has 1 heterocycles. The lowest BCUT2D eigenvalue weighted by Crippen LogP contribution is -2.33. The first kappa shape index (κ1) is 15.3. The summed E-state index contributed by atoms with van der Waals surface area (Å²) in [5.74, 6) is -0.325. The molecule has 0 amide bonds. The molecule has 8 heteroatoms. The van der Waals surface area contributed by atoms with Gasteiger partial charge < -0.3 is 11.1 Å². The number of benzene rings is 1. The minimum Gasteiger partial charge on any atom is -0.383 e. The number of aromatic nitrogens is 2. The first-order chi connectivity index (χ1) is 9.93. The summed E-state index contributed by atoms with van der Waals surface area (Å²) in [6, 6.07) is 4.25. The minimum atomic E-state index is -0.602. The zero-order valence-electron chi connectivity index (χ0n) is 11.2. The first-order valence-electron chi connectivity index (χ1n) is 6.24. The Bertz CT molecular complexity index is 785. The van der Waals surface area contributed by atoms with Crippen molar-refractivity contribution in [2.24, 2.45) is 0 Å². The van der Waals surface area contributed by atoms with Crippen molar-refractivity contribution in [3.8, 4) is 0 Å². The van der Waals surface area contributed by atoms with Gasteiger partial charge in [0.15, 0.2) is 0 Å². The van der Waals surface area contributed by atoms with Gasteiger partial charge in [0.1, 0.15) is 17.3 Å². The Morgan fingerprint density at radius 1 is 1.43 bits per heavy atom. The van der Waals surface area contributed by atoms with Crippen LogP contribution in [-0.2, 0) is 13.1 Å². The van der Waals surface area contributed by atoms with Crippen LogP contribution in [-0.4, -0.2) is 9.55 Å². The normalized spacial score (nSPS) is 10.6. The van der Waals surface area contributed by atoms with Crippen LogP contribution in [0.15, 0.2) is 32.3 Å². The predicted octanol–water partition coefficient (Wildman–Crippen LogP) is 1.65. The van der Waals surface area contributed by atoms with E-state index < -0.39 is 11.2 Å². The van der Waals surface area contributed by atoms with E-state index in [1.165, 1.54) is 16.7 Å². The van der Waals surface area contributed by atoms with Crippen LogP contribution in [0.1, 0.15) is 12.5 Å². The number of nitrogens with one attached hydrogen (secondary N) is 2. The molecule has 0 atom stereocenters. The van der Waals surface area contributed by atoms with Crippen molar-refractivity contribution in [2.45, 2.75) is 20.0 Å². The summed E-state index contributed by atoms with van der Waals surface area (Å²) in [5, 5.41) is 2.84. The van der Waals surface area contributed by atoms with Gasteiger partial charge in [-0.25, -0.2) is 9.18 Å². The molecule has 0 aliphatic carbocycles. The highest BCUT2D eigenvalue weighted by Gasteiger charge is 2.11. The number of nitrogens with zero attached hydrogens (tertiary/aromatic N) is 1. The molecule has 0 aliphatic heterocycles. The molecule has 0 aliphatic rings. The fourth-order valence-electron chi connectivity index (χ4n) is 1.93. The maximum atomic E-state index is 13.2. The van der Waals surface area contributed by atoms with Gasteiger partial charge in [-0.05, 0) is 30.7 Å². The molecule has 0 saturated carbocycles. The van der Waals surface area contributed by atoms with Crippen LogP contribution >= 0.6 is 15.9 Å². The van der Waals surface area contributed by atoms with Crippen molar-refractivity contribution in [1.82, 2.24) is 9.55 Å². The van der Waals surface area contributed by atoms with Gasteiger partial charge in [0.05, 0.1) is 0 Å². The van der Waals surface area contributed by atoms with E-state index in [4.69, 9.17) is 5.73 Å². The SMILES string of the molecule is CCn1c(N)c(NCc2cc(F)ccc2Br)c(=O)[nH]c1=O. The predicted molar refractivity (Wildman–Crippen MR) is 82.8 cm³/mol. The average molecular weight is 357 g/mol. The Morgan fingerprint density at radius 3 is 2.81 bits per heavy atom. The van der Waals surface area contributed by atoms with E-state index in [0.717, 1.165) is 0 Å². The number of rotatable bonds is 4. The van der Waals surface area contributed by atoms with Crippen LogP contribution in [0.3, 0.4) is 0 Å². The zero-order valence-corrected chi connectivity index (χ0v) is 12.8. The summed E-state index contributed by atoms with van der Waals surface area (Å²) >= 11 is 3.30. The molecular formula is C13H14BrFN4O2. The zero-order chi connectivity index (χ0) is 15.6. The maximum Gasteiger partial charge on any atom is 0.330 e. The van der Waals surface area contributed by atoms with Crippen LogP contribution in [0, 0.1) is 5.82 Å². The molecule has 1 aromatic carbocycles. The highest BCUT2D eigenvalue weighted by Crippen LogP contribution is 2.19. The second-order valence-electron chi connectivity index (χ2n) is 4.35. The topological polar surface area (TPSA) is 92.9 Å². The van der Waals surface area contributed by atoms with Gasteiger partial charge in [-0.15, -0.1) is 0 Å². The molecule has 21 heavy (non-hydrogen) atoms. The lowest BCUT2D eigenvalue weighted by Gasteiger charge is -2.13. The number of hydrogen-bond donors (Lipinski definition) is 3. The number of H-pyrrole nitrogens is 1. The number of nitrogens with two attached hydrogens (primary N) is 1. The summed E-state index contributed by atoms with van der Waals surface area (Å²) in [6.45, 7) is 2.26. The van der Waals surface area contributed by atoms with Crippen LogP contribution < -0.4 is 22.3 Å². The lowest BCUT2D eigenvalue weighted by molar-refractivity contribution is 0.625. The van der Waals surface area contributed by atoms with E-state index in [-0.39, 0.29) is 23.9 Å². The second-order valence-corrected chi connectivity index (χ2v) is 5.21. The van der Waals surface area contributed by atoms with E-state index >= 15 is 0 Å². The largest absolute Gasteiger partial charge is 0.383 e. The van der Waals surface area contributed by atoms with Gasteiger partial charge in [-0.3, -0.25) is 14.3 Å². The van der Waals surface area contributed by atoms with Gasteiger partial charge in [0.2, 0.25) is 0 Å². The van der Waals surface area contributed by atoms with Gasteiger partial charge in [-0.1, -0.05) is 15.9 Å². The summed E-state index contributed by atoms with van der Waals surface area (Å²) in [6.07, 6.45) is 0. The third kappa shape index (κ3) is 3.15. The molecule has 0 fully saturated rings. The third-order valence-corrected chi connectivity index (χ3v) is 3.79. The fraction of sp³-hybridized carbons (Fsp3) is 0.231. The number of aromatic amines is 1. The highest BCUT2D eigenvalue weighted by atomic mass is 79.9. The fourth-order valence-corrected chi connectivity index (χ4v) is 2.32. The minimum absolute atomic E-state index is 0.0544. The second kappa shape index (κ2) is 6.13. The Balaban J connectivity index is 2.34. The van der Waals surface area contributed by atoms with Gasteiger partial charge >= 0.3 is 5.69 Å². The van der Waals surface area contributed by atoms with E-state index in [1.54, 1.807) is 13.0 Å². The monoisotopic (exact) mass is 356 g/mol. The standard InChI is InChI=1S/C13H14BrFN4O2/c1-2-19-11(16)10(12(20)18-13(19)21)17-6-7-5-8(15)3-4-9(7)14/h3-5,17H,2,6,16H2,1H3,(H,18,20,21). The molecule has 4 N–H and O–H groups in total. The van der Waals surface area contributed by atoms with Crippen molar-refractivity contribution in [1.29, 1.82) is 0 Å². The summed E-state index contributed by atoms with van der Waals surface area (Å²) in [5.41, 5.74) is 5.38. The van der Waals surface area contributed by atoms with Gasteiger partial charge in [0, 0.05) is 17.6 Å². The number of nitrogen functional groups attached to an aromatic ring is 1. The van der Waals surface area contributed by atoms with Crippen molar-refractivity contribution >= 4 is 27.4 Å². The van der Waals surface area contributed by atoms with Crippen molar-refractivity contribution < 1.29 is 4.39 Å². The molecule has 0 bridgehead atoms. The number of anilines is 2. The Hall–Kier alpha value is -2.09. The average Bonchev–Trinajstić information content (AvgIpc) is 2.42. The van der Waals surface area contributed by atoms with Gasteiger partial charge in [-0.2, -0.15) is 0 Å². The molecule has 1 aromatic heterocycles. The van der Waals surface area contributed by atoms with E-state index in [1.807, 2.05) is 0 Å². The Kier molecular flexibility index (Phi) is 4.46. The molecular weight excluding hydrogens is 343 g/mol. The summed E-state index contributed by atoms with van der Waals surface area (Å²) in [4.78, 5) is 25.5. The molecule has 2 rings (SSSR count). The number of hydrogen-bond acceptors (Lipinski definition) is 4. The van der Waals surface area contributed by atoms with Crippen LogP contribution in [0.25, 0.3) is 0 Å². The van der Waals surface area contributed by atoms with Crippen molar-refractivity contribution in [3.63, 3.8) is 0 Å². The molecule has 2 aromatic rings. The Labute approximate surface area is 127 Å². The van der Waals surface area contributed by atoms with E-state index in [2.05, 4.69) is 26.2 Å². The summed E-state index contributed by atoms with van der Waals surface area (Å²) in [7, 11) is 0. The van der Waals surface area contributed by atoms with Crippen molar-refractivity contribution in [3.05, 3.63) is 54.9 Å². The van der Waals surface area contributed by atoms with Crippen LogP contribution in [0.4, 0.5) is 15.9 Å². The van der Waals surface area contributed by atoms with Gasteiger partial charge in [0.25, 0.3) is 5.56 Å². The summed E-state index contributed by atoms with van der Waals surface area (Å²) < 4.78 is 15.2. The number of halogens is 2. The first-order valence-corrected chi connectivity index (χ1v) is 7.03. The Morgan fingerprint density at radius 2 is 2.14 bits per heavy atom. The lowest BCUT2D eigenvalue weighted by atomic mass is 10.2. The molecule has 0 saturated heterocycles. The highest BCUT2D eigenvalue weighted by molar-refractivity contribution is 9.10. The quantitative estimate of drug-likeness (QED) is 0.776. The smallest absolute Gasteiger partial charge is 0.330 e. The van der Waals surface area contributed by atoms with Crippen LogP contribution in [0.2, 0.25) is 0 Å². The van der Waals surface area contributed by atoms with E-state index in [9.17, 15) is 14.0 Å².